The number of piperidine rings is 1. The first kappa shape index (κ1) is 16.5. The van der Waals surface area contributed by atoms with Crippen LogP contribution in [0, 0.1) is 12.8 Å². The summed E-state index contributed by atoms with van der Waals surface area (Å²) in [5.74, 6) is 0.703. The second-order valence-corrected chi connectivity index (χ2v) is 6.70. The predicted octanol–water partition coefficient (Wildman–Crippen LogP) is 3.17. The van der Waals surface area contributed by atoms with Crippen LogP contribution in [0.15, 0.2) is 47.4 Å². The van der Waals surface area contributed by atoms with Crippen molar-refractivity contribution in [3.05, 3.63) is 69.6 Å². The molecule has 1 aromatic carbocycles. The van der Waals surface area contributed by atoms with Crippen LogP contribution < -0.4 is 5.56 Å². The first-order valence-corrected chi connectivity index (χ1v) is 8.65. The molecule has 0 bridgehead atoms. The fraction of sp³-hybridized carbons (Fsp3) is 0.400. The van der Waals surface area contributed by atoms with E-state index < -0.39 is 0 Å². The van der Waals surface area contributed by atoms with E-state index >= 15 is 0 Å². The van der Waals surface area contributed by atoms with Crippen molar-refractivity contribution in [3.63, 3.8) is 0 Å². The van der Waals surface area contributed by atoms with Gasteiger partial charge in [0.05, 0.1) is 5.56 Å². The zero-order chi connectivity index (χ0) is 16.9. The predicted molar refractivity (Wildman–Crippen MR) is 95.2 cm³/mol. The highest BCUT2D eigenvalue weighted by molar-refractivity contribution is 5.93. The molecule has 2 aromatic rings. The quantitative estimate of drug-likeness (QED) is 0.939. The topological polar surface area (TPSA) is 53.2 Å². The number of amides is 1. The molecule has 0 radical (unpaired) electrons. The highest BCUT2D eigenvalue weighted by Gasteiger charge is 2.23. The van der Waals surface area contributed by atoms with E-state index in [1.165, 1.54) is 29.8 Å². The lowest BCUT2D eigenvalue weighted by atomic mass is 9.90. The van der Waals surface area contributed by atoms with E-state index in [0.717, 1.165) is 32.4 Å². The molecule has 1 aromatic heterocycles. The maximum Gasteiger partial charge on any atom is 0.255 e. The van der Waals surface area contributed by atoms with Crippen LogP contribution in [-0.4, -0.2) is 28.9 Å². The Morgan fingerprint density at radius 3 is 2.46 bits per heavy atom. The molecule has 0 saturated carbocycles. The summed E-state index contributed by atoms with van der Waals surface area (Å²) in [6.45, 7) is 3.71. The maximum atomic E-state index is 12.4. The van der Waals surface area contributed by atoms with Crippen LogP contribution in [0.3, 0.4) is 0 Å². The van der Waals surface area contributed by atoms with E-state index in [4.69, 9.17) is 0 Å². The molecule has 1 fully saturated rings. The van der Waals surface area contributed by atoms with Crippen molar-refractivity contribution >= 4 is 5.91 Å². The molecular weight excluding hydrogens is 300 g/mol. The number of pyridine rings is 1. The number of hydrogen-bond donors (Lipinski definition) is 1. The molecule has 4 heteroatoms. The summed E-state index contributed by atoms with van der Waals surface area (Å²) in [6.07, 6.45) is 5.92. The number of nitrogens with zero attached hydrogens (tertiary/aromatic N) is 1. The van der Waals surface area contributed by atoms with Gasteiger partial charge in [-0.15, -0.1) is 0 Å². The lowest BCUT2D eigenvalue weighted by Crippen LogP contribution is -2.38. The summed E-state index contributed by atoms with van der Waals surface area (Å²) >= 11 is 0. The molecule has 0 atom stereocenters. The Morgan fingerprint density at radius 1 is 1.12 bits per heavy atom. The molecule has 0 spiro atoms. The molecule has 1 aliphatic heterocycles. The van der Waals surface area contributed by atoms with Gasteiger partial charge in [-0.1, -0.05) is 29.8 Å². The minimum Gasteiger partial charge on any atom is -0.339 e. The van der Waals surface area contributed by atoms with E-state index in [0.29, 0.717) is 11.5 Å². The second kappa shape index (κ2) is 7.47. The molecule has 24 heavy (non-hydrogen) atoms. The molecule has 126 valence electrons. The van der Waals surface area contributed by atoms with Crippen LogP contribution in [0.4, 0.5) is 0 Å². The minimum atomic E-state index is -0.179. The Balaban J connectivity index is 1.48. The van der Waals surface area contributed by atoms with E-state index in [1.807, 2.05) is 4.90 Å². The minimum absolute atomic E-state index is 0.0169. The van der Waals surface area contributed by atoms with Gasteiger partial charge < -0.3 is 9.88 Å². The SMILES string of the molecule is Cc1ccc(CCC2CCN(C(=O)c3ccc(=O)[nH]c3)CC2)cc1. The van der Waals surface area contributed by atoms with Crippen molar-refractivity contribution in [3.8, 4) is 0 Å². The zero-order valence-corrected chi connectivity index (χ0v) is 14.1. The molecular formula is C20H24N2O2. The number of likely N-dealkylation sites (tertiary alicyclic amines) is 1. The van der Waals surface area contributed by atoms with Gasteiger partial charge >= 0.3 is 0 Å². The molecule has 3 rings (SSSR count). The lowest BCUT2D eigenvalue weighted by molar-refractivity contribution is 0.0686. The van der Waals surface area contributed by atoms with Gasteiger partial charge in [0.1, 0.15) is 0 Å². The van der Waals surface area contributed by atoms with Gasteiger partial charge in [-0.2, -0.15) is 0 Å². The third-order valence-electron chi connectivity index (χ3n) is 4.89. The molecule has 1 N–H and O–H groups in total. The number of aromatic amines is 1. The smallest absolute Gasteiger partial charge is 0.255 e. The van der Waals surface area contributed by atoms with Crippen molar-refractivity contribution in [2.24, 2.45) is 5.92 Å². The van der Waals surface area contributed by atoms with Crippen LogP contribution in [0.25, 0.3) is 0 Å². The van der Waals surface area contributed by atoms with Crippen LogP contribution >= 0.6 is 0 Å². The number of benzene rings is 1. The molecule has 4 nitrogen and oxygen atoms in total. The van der Waals surface area contributed by atoms with Gasteiger partial charge in [0.2, 0.25) is 5.56 Å². The van der Waals surface area contributed by atoms with Gasteiger partial charge in [0.15, 0.2) is 0 Å². The molecule has 0 aliphatic carbocycles. The molecule has 2 heterocycles. The van der Waals surface area contributed by atoms with Crippen molar-refractivity contribution in [2.75, 3.05) is 13.1 Å². The fourth-order valence-corrected chi connectivity index (χ4v) is 3.28. The Bertz CT molecular complexity index is 720. The van der Waals surface area contributed by atoms with Crippen molar-refractivity contribution in [2.45, 2.75) is 32.6 Å². The summed E-state index contributed by atoms with van der Waals surface area (Å²) in [6, 6.07) is 11.8. The largest absolute Gasteiger partial charge is 0.339 e. The van der Waals surface area contributed by atoms with Gasteiger partial charge in [-0.25, -0.2) is 0 Å². The van der Waals surface area contributed by atoms with Crippen LogP contribution in [0.1, 0.15) is 40.7 Å². The van der Waals surface area contributed by atoms with Crippen molar-refractivity contribution in [1.29, 1.82) is 0 Å². The second-order valence-electron chi connectivity index (χ2n) is 6.70. The monoisotopic (exact) mass is 324 g/mol. The summed E-state index contributed by atoms with van der Waals surface area (Å²) in [4.78, 5) is 28.0. The number of hydrogen-bond acceptors (Lipinski definition) is 2. The number of aryl methyl sites for hydroxylation is 2. The van der Waals surface area contributed by atoms with Gasteiger partial charge in [-0.05, 0) is 50.2 Å². The van der Waals surface area contributed by atoms with Gasteiger partial charge in [0.25, 0.3) is 5.91 Å². The average Bonchev–Trinajstić information content (AvgIpc) is 2.62. The van der Waals surface area contributed by atoms with E-state index in [1.54, 1.807) is 6.07 Å². The van der Waals surface area contributed by atoms with Crippen molar-refractivity contribution in [1.82, 2.24) is 9.88 Å². The molecule has 0 unspecified atom stereocenters. The highest BCUT2D eigenvalue weighted by atomic mass is 16.2. The molecule has 1 amide bonds. The summed E-state index contributed by atoms with van der Waals surface area (Å²) in [7, 11) is 0. The molecule has 1 aliphatic rings. The maximum absolute atomic E-state index is 12.4. The number of H-pyrrole nitrogens is 1. The number of carbonyl (C=O) groups excluding carboxylic acids is 1. The average molecular weight is 324 g/mol. The third kappa shape index (κ3) is 4.13. The summed E-state index contributed by atoms with van der Waals surface area (Å²) in [5.41, 5.74) is 3.08. The first-order valence-electron chi connectivity index (χ1n) is 8.65. The summed E-state index contributed by atoms with van der Waals surface area (Å²) < 4.78 is 0. The normalized spacial score (nSPS) is 15.5. The fourth-order valence-electron chi connectivity index (χ4n) is 3.28. The van der Waals surface area contributed by atoms with Gasteiger partial charge in [0, 0.05) is 25.4 Å². The summed E-state index contributed by atoms with van der Waals surface area (Å²) in [5, 5.41) is 0. The third-order valence-corrected chi connectivity index (χ3v) is 4.89. The van der Waals surface area contributed by atoms with Crippen molar-refractivity contribution < 1.29 is 4.79 Å². The van der Waals surface area contributed by atoms with Crippen LogP contribution in [-0.2, 0) is 6.42 Å². The van der Waals surface area contributed by atoms with Crippen LogP contribution in [0.2, 0.25) is 0 Å². The first-order chi connectivity index (χ1) is 11.6. The standard InChI is InChI=1S/C20H24N2O2/c1-15-2-4-16(5-3-15)6-7-17-10-12-22(13-11-17)20(24)18-8-9-19(23)21-14-18/h2-5,8-9,14,17H,6-7,10-13H2,1H3,(H,21,23). The Morgan fingerprint density at radius 2 is 1.83 bits per heavy atom. The number of carbonyl (C=O) groups is 1. The highest BCUT2D eigenvalue weighted by Crippen LogP contribution is 2.23. The molecule has 1 saturated heterocycles. The number of aromatic nitrogens is 1. The Hall–Kier alpha value is -2.36. The van der Waals surface area contributed by atoms with E-state index in [9.17, 15) is 9.59 Å². The van der Waals surface area contributed by atoms with Gasteiger partial charge in [-0.3, -0.25) is 9.59 Å². The van der Waals surface area contributed by atoms with E-state index in [-0.39, 0.29) is 11.5 Å². The number of nitrogens with one attached hydrogen (secondary N) is 1. The van der Waals surface area contributed by atoms with E-state index in [2.05, 4.69) is 36.2 Å². The lowest BCUT2D eigenvalue weighted by Gasteiger charge is -2.32. The Labute approximate surface area is 142 Å². The number of rotatable bonds is 4. The zero-order valence-electron chi connectivity index (χ0n) is 14.1. The van der Waals surface area contributed by atoms with Crippen LogP contribution in [0.5, 0.6) is 0 Å². The Kier molecular flexibility index (Phi) is 5.14.